The largest absolute Gasteiger partial charge is 0.381 e. The molecule has 7 heteroatoms. The number of carbonyl (C=O) groups excluding carboxylic acids is 1. The van der Waals surface area contributed by atoms with Gasteiger partial charge in [-0.1, -0.05) is 11.3 Å². The molecule has 90 valence electrons. The van der Waals surface area contributed by atoms with Crippen LogP contribution in [0.25, 0.3) is 0 Å². The van der Waals surface area contributed by atoms with E-state index in [4.69, 9.17) is 10.5 Å². The monoisotopic (exact) mass is 244 g/mol. The summed E-state index contributed by atoms with van der Waals surface area (Å²) in [5.74, 6) is -0.0604. The summed E-state index contributed by atoms with van der Waals surface area (Å²) in [5, 5.41) is 11.5. The van der Waals surface area contributed by atoms with Crippen molar-refractivity contribution >= 4 is 22.4 Å². The average molecular weight is 244 g/mol. The summed E-state index contributed by atoms with van der Waals surface area (Å²) in [6.45, 7) is 4.80. The number of nitrogens with one attached hydrogen (secondary N) is 1. The van der Waals surface area contributed by atoms with Crippen molar-refractivity contribution in [2.24, 2.45) is 0 Å². The summed E-state index contributed by atoms with van der Waals surface area (Å²) < 4.78 is 5.09. The number of ether oxygens (including phenoxy) is 1. The first-order valence-electron chi connectivity index (χ1n) is 5.09. The zero-order chi connectivity index (χ0) is 12.0. The molecule has 1 amide bonds. The molecule has 0 aliphatic carbocycles. The Balaban J connectivity index is 2.33. The van der Waals surface area contributed by atoms with Gasteiger partial charge in [0.25, 0.3) is 0 Å². The van der Waals surface area contributed by atoms with Crippen molar-refractivity contribution in [2.75, 3.05) is 18.9 Å². The van der Waals surface area contributed by atoms with Gasteiger partial charge in [-0.2, -0.15) is 0 Å². The minimum Gasteiger partial charge on any atom is -0.381 e. The molecule has 3 N–H and O–H groups in total. The highest BCUT2D eigenvalue weighted by Crippen LogP contribution is 2.18. The van der Waals surface area contributed by atoms with E-state index in [-0.39, 0.29) is 11.9 Å². The number of nitrogen functional groups attached to an aromatic ring is 1. The molecule has 1 aromatic rings. The van der Waals surface area contributed by atoms with Crippen LogP contribution in [0.4, 0.5) is 5.13 Å². The van der Waals surface area contributed by atoms with Gasteiger partial charge in [-0.3, -0.25) is 4.79 Å². The maximum atomic E-state index is 11.4. The van der Waals surface area contributed by atoms with E-state index in [0.29, 0.717) is 29.8 Å². The first-order valence-corrected chi connectivity index (χ1v) is 5.91. The summed E-state index contributed by atoms with van der Waals surface area (Å²) in [6, 6.07) is -0.163. The van der Waals surface area contributed by atoms with E-state index in [2.05, 4.69) is 15.5 Å². The Morgan fingerprint density at radius 1 is 1.62 bits per heavy atom. The van der Waals surface area contributed by atoms with Gasteiger partial charge in [0.1, 0.15) is 5.01 Å². The first-order chi connectivity index (χ1) is 7.63. The smallest absolute Gasteiger partial charge is 0.222 e. The van der Waals surface area contributed by atoms with Crippen molar-refractivity contribution in [2.45, 2.75) is 26.3 Å². The average Bonchev–Trinajstić information content (AvgIpc) is 2.65. The van der Waals surface area contributed by atoms with Crippen molar-refractivity contribution in [3.05, 3.63) is 5.01 Å². The number of anilines is 1. The normalized spacial score (nSPS) is 12.4. The Morgan fingerprint density at radius 3 is 2.94 bits per heavy atom. The van der Waals surface area contributed by atoms with Gasteiger partial charge in [-0.05, 0) is 13.8 Å². The van der Waals surface area contributed by atoms with Crippen LogP contribution in [0, 0.1) is 0 Å². The zero-order valence-electron chi connectivity index (χ0n) is 9.40. The lowest BCUT2D eigenvalue weighted by molar-refractivity contribution is -0.122. The molecule has 0 aliphatic rings. The molecule has 0 saturated heterocycles. The summed E-state index contributed by atoms with van der Waals surface area (Å²) >= 11 is 1.28. The van der Waals surface area contributed by atoms with Crippen molar-refractivity contribution in [1.82, 2.24) is 15.5 Å². The topological polar surface area (TPSA) is 90.1 Å². The number of rotatable bonds is 6. The Kier molecular flexibility index (Phi) is 5.13. The molecule has 0 radical (unpaired) electrons. The lowest BCUT2D eigenvalue weighted by Crippen LogP contribution is -2.27. The molecule has 1 aromatic heterocycles. The molecule has 0 aliphatic heterocycles. The van der Waals surface area contributed by atoms with Gasteiger partial charge in [0.15, 0.2) is 0 Å². The molecule has 1 atom stereocenters. The fraction of sp³-hybridized carbons (Fsp3) is 0.667. The van der Waals surface area contributed by atoms with E-state index in [0.717, 1.165) is 0 Å². The fourth-order valence-electron chi connectivity index (χ4n) is 1.11. The molecular formula is C9H16N4O2S. The Hall–Kier alpha value is -1.21. The SMILES string of the molecule is CCOCCC(=O)N[C@H](C)c1nnc(N)s1. The number of aromatic nitrogens is 2. The molecule has 1 heterocycles. The maximum absolute atomic E-state index is 11.4. The summed E-state index contributed by atoms with van der Waals surface area (Å²) in [7, 11) is 0. The third kappa shape index (κ3) is 4.11. The number of nitrogens with zero attached hydrogens (tertiary/aromatic N) is 2. The highest BCUT2D eigenvalue weighted by atomic mass is 32.1. The number of carbonyl (C=O) groups is 1. The lowest BCUT2D eigenvalue weighted by atomic mass is 10.3. The van der Waals surface area contributed by atoms with Crippen LogP contribution in [0.1, 0.15) is 31.3 Å². The Morgan fingerprint density at radius 2 is 2.38 bits per heavy atom. The maximum Gasteiger partial charge on any atom is 0.222 e. The van der Waals surface area contributed by atoms with Crippen LogP contribution < -0.4 is 11.1 Å². The van der Waals surface area contributed by atoms with Crippen LogP contribution >= 0.6 is 11.3 Å². The van der Waals surface area contributed by atoms with Crippen LogP contribution in [0.15, 0.2) is 0 Å². The third-order valence-corrected chi connectivity index (χ3v) is 2.82. The van der Waals surface area contributed by atoms with Gasteiger partial charge in [0.05, 0.1) is 12.6 Å². The Bertz CT molecular complexity index is 342. The van der Waals surface area contributed by atoms with E-state index < -0.39 is 0 Å². The molecule has 0 bridgehead atoms. The van der Waals surface area contributed by atoms with Gasteiger partial charge in [-0.25, -0.2) is 0 Å². The second-order valence-electron chi connectivity index (χ2n) is 3.21. The van der Waals surface area contributed by atoms with Gasteiger partial charge in [-0.15, -0.1) is 10.2 Å². The van der Waals surface area contributed by atoms with Crippen LogP contribution in [0.3, 0.4) is 0 Å². The number of hydrogen-bond acceptors (Lipinski definition) is 6. The minimum absolute atomic E-state index is 0.0604. The molecule has 0 unspecified atom stereocenters. The van der Waals surface area contributed by atoms with Crippen LogP contribution in [0.2, 0.25) is 0 Å². The van der Waals surface area contributed by atoms with Crippen LogP contribution in [0.5, 0.6) is 0 Å². The molecular weight excluding hydrogens is 228 g/mol. The molecule has 0 spiro atoms. The standard InChI is InChI=1S/C9H16N4O2S/c1-3-15-5-4-7(14)11-6(2)8-12-13-9(10)16-8/h6H,3-5H2,1-2H3,(H2,10,13)(H,11,14)/t6-/m1/s1. The second-order valence-corrected chi connectivity index (χ2v) is 4.26. The minimum atomic E-state index is -0.163. The van der Waals surface area contributed by atoms with Gasteiger partial charge < -0.3 is 15.8 Å². The van der Waals surface area contributed by atoms with Gasteiger partial charge in [0.2, 0.25) is 11.0 Å². The number of amides is 1. The van der Waals surface area contributed by atoms with Crippen molar-refractivity contribution in [3.63, 3.8) is 0 Å². The van der Waals surface area contributed by atoms with Crippen LogP contribution in [-0.2, 0) is 9.53 Å². The molecule has 6 nitrogen and oxygen atoms in total. The quantitative estimate of drug-likeness (QED) is 0.720. The zero-order valence-corrected chi connectivity index (χ0v) is 10.2. The predicted molar refractivity (Wildman–Crippen MR) is 62.0 cm³/mol. The lowest BCUT2D eigenvalue weighted by Gasteiger charge is -2.10. The van der Waals surface area contributed by atoms with Crippen molar-refractivity contribution < 1.29 is 9.53 Å². The molecule has 0 fully saturated rings. The van der Waals surface area contributed by atoms with E-state index >= 15 is 0 Å². The number of hydrogen-bond donors (Lipinski definition) is 2. The van der Waals surface area contributed by atoms with Crippen molar-refractivity contribution in [1.29, 1.82) is 0 Å². The molecule has 0 aromatic carbocycles. The number of nitrogens with two attached hydrogens (primary N) is 1. The second kappa shape index (κ2) is 6.39. The van der Waals surface area contributed by atoms with Crippen molar-refractivity contribution in [3.8, 4) is 0 Å². The fourth-order valence-corrected chi connectivity index (χ4v) is 1.72. The summed E-state index contributed by atoms with van der Waals surface area (Å²) in [6.07, 6.45) is 0.354. The summed E-state index contributed by atoms with van der Waals surface area (Å²) in [4.78, 5) is 11.4. The third-order valence-electron chi connectivity index (χ3n) is 1.88. The van der Waals surface area contributed by atoms with E-state index in [1.54, 1.807) is 0 Å². The molecule has 0 saturated carbocycles. The summed E-state index contributed by atoms with van der Waals surface area (Å²) in [5.41, 5.74) is 5.46. The van der Waals surface area contributed by atoms with E-state index in [1.165, 1.54) is 11.3 Å². The van der Waals surface area contributed by atoms with E-state index in [9.17, 15) is 4.79 Å². The van der Waals surface area contributed by atoms with Gasteiger partial charge >= 0.3 is 0 Å². The van der Waals surface area contributed by atoms with Gasteiger partial charge in [0, 0.05) is 13.0 Å². The highest BCUT2D eigenvalue weighted by molar-refractivity contribution is 7.15. The Labute approximate surface area is 98.2 Å². The highest BCUT2D eigenvalue weighted by Gasteiger charge is 2.13. The first kappa shape index (κ1) is 12.9. The van der Waals surface area contributed by atoms with E-state index in [1.807, 2.05) is 13.8 Å². The van der Waals surface area contributed by atoms with Crippen LogP contribution in [-0.4, -0.2) is 29.3 Å². The molecule has 1 rings (SSSR count). The predicted octanol–water partition coefficient (Wildman–Crippen LogP) is 0.724. The molecule has 16 heavy (non-hydrogen) atoms.